The van der Waals surface area contributed by atoms with Crippen LogP contribution in [-0.2, 0) is 16.8 Å². The molecule has 0 radical (unpaired) electrons. The molecule has 1 fully saturated rings. The average Bonchev–Trinajstić information content (AvgIpc) is 3.41. The third-order valence-corrected chi connectivity index (χ3v) is 9.93. The van der Waals surface area contributed by atoms with Crippen LogP contribution >= 0.6 is 0 Å². The molecule has 1 aliphatic heterocycles. The molecule has 1 saturated heterocycles. The van der Waals surface area contributed by atoms with Crippen LogP contribution in [0.5, 0.6) is 0 Å². The Labute approximate surface area is 283 Å². The Kier molecular flexibility index (Phi) is 8.98. The van der Waals surface area contributed by atoms with Gasteiger partial charge < -0.3 is 10.2 Å². The van der Waals surface area contributed by atoms with Crippen LogP contribution in [0.25, 0.3) is 21.9 Å². The number of alkyl halides is 3. The number of carbonyl (C=O) groups is 1. The van der Waals surface area contributed by atoms with Crippen molar-refractivity contribution >= 4 is 22.4 Å². The van der Waals surface area contributed by atoms with Gasteiger partial charge in [-0.25, -0.2) is 4.68 Å². The molecular weight excluding hydrogens is 627 g/mol. The van der Waals surface area contributed by atoms with Crippen LogP contribution in [0.3, 0.4) is 0 Å². The summed E-state index contributed by atoms with van der Waals surface area (Å²) >= 11 is 0. The zero-order chi connectivity index (χ0) is 34.0. The summed E-state index contributed by atoms with van der Waals surface area (Å²) in [6.45, 7) is 3.17. The second kappa shape index (κ2) is 13.5. The monoisotopic (exact) mass is 665 g/mol. The standard InChI is InChI=1S/C39H38F3N5O2/c40-39(41,42)27-43-37(49)38(34-14-6-4-12-31(34)32-13-5-7-15-35(32)38)18-8-9-19-45-20-22-46(23-21-45)30-17-16-29-25-44-47(36(48)33(29)24-30)26-28-10-2-1-3-11-28/h1-7,10-17,24-25H,8-9,18-23,26-27H2,(H,43,49). The van der Waals surface area contributed by atoms with Crippen LogP contribution in [0, 0.1) is 0 Å². The molecule has 0 atom stereocenters. The zero-order valence-corrected chi connectivity index (χ0v) is 27.1. The quantitative estimate of drug-likeness (QED) is 0.175. The first-order chi connectivity index (χ1) is 23.7. The van der Waals surface area contributed by atoms with Gasteiger partial charge in [0.05, 0.1) is 18.1 Å². The van der Waals surface area contributed by atoms with Crippen LogP contribution in [0.1, 0.15) is 36.0 Å². The minimum Gasteiger partial charge on any atom is -0.369 e. The van der Waals surface area contributed by atoms with Gasteiger partial charge in [0.25, 0.3) is 5.56 Å². The number of carbonyl (C=O) groups excluding carboxylic acids is 1. The number of aromatic nitrogens is 2. The van der Waals surface area contributed by atoms with E-state index in [-0.39, 0.29) is 5.56 Å². The molecule has 1 aliphatic carbocycles. The summed E-state index contributed by atoms with van der Waals surface area (Å²) in [5.74, 6) is -0.603. The summed E-state index contributed by atoms with van der Waals surface area (Å²) in [4.78, 5) is 31.8. The Hall–Kier alpha value is -4.96. The first-order valence-electron chi connectivity index (χ1n) is 16.8. The summed E-state index contributed by atoms with van der Waals surface area (Å²) < 4.78 is 41.1. The number of hydrogen-bond acceptors (Lipinski definition) is 5. The molecule has 2 aliphatic rings. The Bertz CT molecular complexity index is 1970. The van der Waals surface area contributed by atoms with Gasteiger partial charge >= 0.3 is 6.18 Å². The number of rotatable bonds is 10. The van der Waals surface area contributed by atoms with E-state index in [4.69, 9.17) is 0 Å². The molecule has 10 heteroatoms. The van der Waals surface area contributed by atoms with E-state index < -0.39 is 24.0 Å². The molecule has 2 heterocycles. The van der Waals surface area contributed by atoms with Crippen molar-refractivity contribution in [2.75, 3.05) is 44.2 Å². The molecule has 0 saturated carbocycles. The molecule has 0 spiro atoms. The molecule has 7 nitrogen and oxygen atoms in total. The van der Waals surface area contributed by atoms with Crippen molar-refractivity contribution in [2.45, 2.75) is 37.4 Å². The molecule has 0 unspecified atom stereocenters. The molecule has 1 aromatic heterocycles. The smallest absolute Gasteiger partial charge is 0.369 e. The van der Waals surface area contributed by atoms with Crippen molar-refractivity contribution in [3.8, 4) is 11.1 Å². The summed E-state index contributed by atoms with van der Waals surface area (Å²) in [7, 11) is 0. The number of unbranched alkanes of at least 4 members (excludes halogenated alkanes) is 1. The van der Waals surface area contributed by atoms with E-state index in [1.165, 1.54) is 4.68 Å². The van der Waals surface area contributed by atoms with Gasteiger partial charge in [-0.1, -0.05) is 91.3 Å². The van der Waals surface area contributed by atoms with Gasteiger partial charge in [0.1, 0.15) is 12.0 Å². The largest absolute Gasteiger partial charge is 0.405 e. The maximum Gasteiger partial charge on any atom is 0.405 e. The van der Waals surface area contributed by atoms with Crippen molar-refractivity contribution < 1.29 is 18.0 Å². The van der Waals surface area contributed by atoms with E-state index in [9.17, 15) is 22.8 Å². The number of hydrogen-bond donors (Lipinski definition) is 1. The number of amides is 1. The van der Waals surface area contributed by atoms with Gasteiger partial charge in [-0.05, 0) is 59.3 Å². The maximum atomic E-state index is 13.8. The second-order valence-corrected chi connectivity index (χ2v) is 12.9. The minimum atomic E-state index is -4.50. The lowest BCUT2D eigenvalue weighted by Gasteiger charge is -2.36. The molecule has 49 heavy (non-hydrogen) atoms. The molecule has 5 aromatic rings. The number of nitrogens with zero attached hydrogens (tertiary/aromatic N) is 4. The van der Waals surface area contributed by atoms with Crippen molar-refractivity contribution in [1.29, 1.82) is 0 Å². The van der Waals surface area contributed by atoms with Gasteiger partial charge in [-0.2, -0.15) is 18.3 Å². The lowest BCUT2D eigenvalue weighted by Crippen LogP contribution is -2.47. The van der Waals surface area contributed by atoms with E-state index in [0.29, 0.717) is 24.8 Å². The highest BCUT2D eigenvalue weighted by Crippen LogP contribution is 2.51. The van der Waals surface area contributed by atoms with Crippen molar-refractivity contribution in [3.63, 3.8) is 0 Å². The third-order valence-electron chi connectivity index (χ3n) is 9.93. The lowest BCUT2D eigenvalue weighted by molar-refractivity contribution is -0.141. The van der Waals surface area contributed by atoms with Gasteiger partial charge in [0.2, 0.25) is 5.91 Å². The van der Waals surface area contributed by atoms with Crippen LogP contribution in [0.4, 0.5) is 18.9 Å². The fourth-order valence-electron chi connectivity index (χ4n) is 7.47. The highest BCUT2D eigenvalue weighted by Gasteiger charge is 2.49. The molecule has 4 aromatic carbocycles. The van der Waals surface area contributed by atoms with Gasteiger partial charge in [0, 0.05) is 37.3 Å². The van der Waals surface area contributed by atoms with Gasteiger partial charge in [0.15, 0.2) is 0 Å². The fraction of sp³-hybridized carbons (Fsp3) is 0.308. The first kappa shape index (κ1) is 32.6. The number of benzene rings is 4. The highest BCUT2D eigenvalue weighted by atomic mass is 19.4. The lowest BCUT2D eigenvalue weighted by atomic mass is 9.73. The SMILES string of the molecule is O=C(NCC(F)(F)F)C1(CCCCN2CCN(c3ccc4cnn(Cc5ccccc5)c(=O)c4c3)CC2)c2ccccc2-c2ccccc21. The number of fused-ring (bicyclic) bond motifs is 4. The minimum absolute atomic E-state index is 0.112. The number of anilines is 1. The number of nitrogens with one attached hydrogen (secondary N) is 1. The molecule has 252 valence electrons. The van der Waals surface area contributed by atoms with Crippen LogP contribution in [0.15, 0.2) is 108 Å². The highest BCUT2D eigenvalue weighted by molar-refractivity contribution is 6.00. The van der Waals surface area contributed by atoms with Crippen LogP contribution < -0.4 is 15.8 Å². The Morgan fingerprint density at radius 2 is 1.47 bits per heavy atom. The van der Waals surface area contributed by atoms with Crippen molar-refractivity contribution in [3.05, 3.63) is 130 Å². The van der Waals surface area contributed by atoms with Gasteiger partial charge in [-0.15, -0.1) is 0 Å². The third kappa shape index (κ3) is 6.57. The number of halogens is 3. The zero-order valence-electron chi connectivity index (χ0n) is 27.1. The molecule has 1 amide bonds. The predicted octanol–water partition coefficient (Wildman–Crippen LogP) is 6.38. The van der Waals surface area contributed by atoms with E-state index in [2.05, 4.69) is 20.2 Å². The maximum absolute atomic E-state index is 13.8. The Morgan fingerprint density at radius 1 is 0.816 bits per heavy atom. The molecule has 1 N–H and O–H groups in total. The molecule has 7 rings (SSSR count). The Morgan fingerprint density at radius 3 is 2.14 bits per heavy atom. The van der Waals surface area contributed by atoms with Gasteiger partial charge in [-0.3, -0.25) is 14.5 Å². The van der Waals surface area contributed by atoms with Crippen LogP contribution in [-0.4, -0.2) is 66.0 Å². The summed E-state index contributed by atoms with van der Waals surface area (Å²) in [5, 5.41) is 8.07. The second-order valence-electron chi connectivity index (χ2n) is 12.9. The topological polar surface area (TPSA) is 70.5 Å². The summed E-state index contributed by atoms with van der Waals surface area (Å²) in [6.07, 6.45) is -0.853. The Balaban J connectivity index is 0.997. The van der Waals surface area contributed by atoms with E-state index >= 15 is 0 Å². The predicted molar refractivity (Wildman–Crippen MR) is 186 cm³/mol. The summed E-state index contributed by atoms with van der Waals surface area (Å²) in [6, 6.07) is 30.9. The fourth-order valence-corrected chi connectivity index (χ4v) is 7.47. The van der Waals surface area contributed by atoms with E-state index in [1.807, 2.05) is 97.1 Å². The molecular formula is C39H38F3N5O2. The van der Waals surface area contributed by atoms with Crippen molar-refractivity contribution in [1.82, 2.24) is 20.0 Å². The van der Waals surface area contributed by atoms with Crippen molar-refractivity contribution in [2.24, 2.45) is 0 Å². The number of piperazine rings is 1. The van der Waals surface area contributed by atoms with E-state index in [1.54, 1.807) is 6.20 Å². The first-order valence-corrected chi connectivity index (χ1v) is 16.8. The summed E-state index contributed by atoms with van der Waals surface area (Å²) in [5.41, 5.74) is 4.06. The van der Waals surface area contributed by atoms with Crippen LogP contribution in [0.2, 0.25) is 0 Å². The van der Waals surface area contributed by atoms with E-state index in [0.717, 1.165) is 78.0 Å². The molecule has 0 bridgehead atoms. The normalized spacial score (nSPS) is 15.6. The average molecular weight is 666 g/mol.